The first-order valence-corrected chi connectivity index (χ1v) is 6.04. The molecule has 1 aromatic carbocycles. The number of ether oxygens (including phenoxy) is 1. The Kier molecular flexibility index (Phi) is 3.92. The van der Waals surface area contributed by atoms with Gasteiger partial charge in [0.2, 0.25) is 0 Å². The van der Waals surface area contributed by atoms with Crippen molar-refractivity contribution in [1.29, 1.82) is 0 Å². The van der Waals surface area contributed by atoms with Gasteiger partial charge < -0.3 is 4.74 Å². The van der Waals surface area contributed by atoms with Gasteiger partial charge in [0.1, 0.15) is 6.04 Å². The highest BCUT2D eigenvalue weighted by Gasteiger charge is 2.64. The van der Waals surface area contributed by atoms with Crippen LogP contribution in [0, 0.1) is 0 Å². The van der Waals surface area contributed by atoms with Gasteiger partial charge in [-0.25, -0.2) is 0 Å². The summed E-state index contributed by atoms with van der Waals surface area (Å²) in [5, 5.41) is 2.20. The molecule has 21 heavy (non-hydrogen) atoms. The van der Waals surface area contributed by atoms with Crippen molar-refractivity contribution in [3.05, 3.63) is 35.4 Å². The molecular formula is C13H12F5NO2. The number of esters is 1. The molecule has 0 unspecified atom stereocenters. The monoisotopic (exact) mass is 309 g/mol. The zero-order valence-electron chi connectivity index (χ0n) is 10.9. The maximum Gasteiger partial charge on any atom is 0.455 e. The lowest BCUT2D eigenvalue weighted by molar-refractivity contribution is -0.294. The molecule has 8 heteroatoms. The van der Waals surface area contributed by atoms with Gasteiger partial charge in [0.05, 0.1) is 13.5 Å². The molecule has 0 spiro atoms. The second-order valence-corrected chi connectivity index (χ2v) is 4.68. The molecule has 1 aliphatic rings. The smallest absolute Gasteiger partial charge is 0.455 e. The summed E-state index contributed by atoms with van der Waals surface area (Å²) in [5.74, 6) is -5.63. The highest BCUT2D eigenvalue weighted by molar-refractivity contribution is 5.70. The number of fused-ring (bicyclic) bond motifs is 1. The van der Waals surface area contributed by atoms with Crippen LogP contribution in [0.2, 0.25) is 0 Å². The van der Waals surface area contributed by atoms with E-state index in [1.165, 1.54) is 24.3 Å². The van der Waals surface area contributed by atoms with E-state index in [-0.39, 0.29) is 17.5 Å². The first-order chi connectivity index (χ1) is 9.68. The fourth-order valence-corrected chi connectivity index (χ4v) is 2.35. The third-order valence-electron chi connectivity index (χ3n) is 3.39. The Morgan fingerprint density at radius 2 is 1.76 bits per heavy atom. The van der Waals surface area contributed by atoms with Crippen LogP contribution in [0.5, 0.6) is 0 Å². The lowest BCUT2D eigenvalue weighted by atomic mass is 9.97. The number of carbonyl (C=O) groups is 1. The number of halogens is 5. The van der Waals surface area contributed by atoms with E-state index in [4.69, 9.17) is 0 Å². The second-order valence-electron chi connectivity index (χ2n) is 4.68. The van der Waals surface area contributed by atoms with Crippen LogP contribution in [0.4, 0.5) is 22.0 Å². The number of benzene rings is 1. The van der Waals surface area contributed by atoms with Crippen LogP contribution in [0.3, 0.4) is 0 Å². The maximum absolute atomic E-state index is 13.6. The number of nitrogens with one attached hydrogen (secondary N) is 1. The van der Waals surface area contributed by atoms with Crippen molar-refractivity contribution in [3.8, 4) is 0 Å². The van der Waals surface area contributed by atoms with Crippen LogP contribution in [0.1, 0.15) is 29.6 Å². The number of hydrogen-bond donors (Lipinski definition) is 1. The van der Waals surface area contributed by atoms with Crippen LogP contribution in [-0.4, -0.2) is 25.2 Å². The fourth-order valence-electron chi connectivity index (χ4n) is 2.35. The van der Waals surface area contributed by atoms with E-state index in [0.29, 0.717) is 0 Å². The molecule has 0 bridgehead atoms. The Labute approximate surface area is 117 Å². The van der Waals surface area contributed by atoms with E-state index in [1.54, 1.807) is 0 Å². The van der Waals surface area contributed by atoms with Crippen LogP contribution in [-0.2, 0) is 9.53 Å². The first kappa shape index (κ1) is 15.7. The predicted octanol–water partition coefficient (Wildman–Crippen LogP) is 3.13. The van der Waals surface area contributed by atoms with Gasteiger partial charge in [-0.2, -0.15) is 22.0 Å². The summed E-state index contributed by atoms with van der Waals surface area (Å²) in [7, 11) is 1.12. The largest absolute Gasteiger partial charge is 0.469 e. The van der Waals surface area contributed by atoms with E-state index in [0.717, 1.165) is 7.11 Å². The first-order valence-electron chi connectivity index (χ1n) is 6.04. The minimum atomic E-state index is -5.68. The Hall–Kier alpha value is -1.70. The maximum atomic E-state index is 13.6. The molecule has 1 aliphatic heterocycles. The number of hydrogen-bond acceptors (Lipinski definition) is 3. The molecule has 0 fully saturated rings. The van der Waals surface area contributed by atoms with Crippen LogP contribution >= 0.6 is 0 Å². The van der Waals surface area contributed by atoms with Crippen LogP contribution in [0.25, 0.3) is 0 Å². The molecular weight excluding hydrogens is 297 g/mol. The van der Waals surface area contributed by atoms with Crippen LogP contribution < -0.4 is 5.32 Å². The summed E-state index contributed by atoms with van der Waals surface area (Å²) in [6.07, 6.45) is -6.00. The lowest BCUT2D eigenvalue weighted by Crippen LogP contribution is -2.46. The van der Waals surface area contributed by atoms with Crippen LogP contribution in [0.15, 0.2) is 24.3 Å². The molecule has 116 valence electrons. The molecule has 2 rings (SSSR count). The van der Waals surface area contributed by atoms with E-state index >= 15 is 0 Å². The van der Waals surface area contributed by atoms with E-state index in [1.807, 2.05) is 0 Å². The average Bonchev–Trinajstić information content (AvgIpc) is 2.77. The van der Waals surface area contributed by atoms with Crippen molar-refractivity contribution in [2.75, 3.05) is 7.11 Å². The summed E-state index contributed by atoms with van der Waals surface area (Å²) >= 11 is 0. The van der Waals surface area contributed by atoms with Gasteiger partial charge in [-0.1, -0.05) is 24.3 Å². The number of methoxy groups -OCH3 is 1. The molecule has 1 aromatic rings. The summed E-state index contributed by atoms with van der Waals surface area (Å²) < 4.78 is 69.3. The summed E-state index contributed by atoms with van der Waals surface area (Å²) in [5.41, 5.74) is 0.0885. The van der Waals surface area contributed by atoms with Crippen molar-refractivity contribution in [3.63, 3.8) is 0 Å². The second kappa shape index (κ2) is 5.25. The van der Waals surface area contributed by atoms with Gasteiger partial charge >= 0.3 is 18.1 Å². The van der Waals surface area contributed by atoms with Gasteiger partial charge in [-0.05, 0) is 11.1 Å². The molecule has 0 saturated carbocycles. The Balaban J connectivity index is 2.37. The van der Waals surface area contributed by atoms with Crippen molar-refractivity contribution >= 4 is 5.97 Å². The molecule has 1 N–H and O–H groups in total. The van der Waals surface area contributed by atoms with E-state index in [9.17, 15) is 26.7 Å². The Morgan fingerprint density at radius 1 is 1.19 bits per heavy atom. The average molecular weight is 309 g/mol. The standard InChI is InChI=1S/C13H12F5NO2/c1-21-10(20)6-9-7-4-2-3-5-8(7)11(19-9)12(14,15)13(16,17)18/h2-5,9,11,19H,6H2,1H3/t9-,11-/m0/s1. The molecule has 2 atom stereocenters. The van der Waals surface area contributed by atoms with Crippen molar-refractivity contribution in [2.45, 2.75) is 30.6 Å². The quantitative estimate of drug-likeness (QED) is 0.688. The predicted molar refractivity (Wildman–Crippen MR) is 62.7 cm³/mol. The summed E-state index contributed by atoms with van der Waals surface area (Å²) in [6.45, 7) is 0. The van der Waals surface area contributed by atoms with E-state index in [2.05, 4.69) is 10.1 Å². The normalized spacial score (nSPS) is 22.0. The van der Waals surface area contributed by atoms with Crippen molar-refractivity contribution in [2.24, 2.45) is 0 Å². The molecule has 0 radical (unpaired) electrons. The lowest BCUT2D eigenvalue weighted by Gasteiger charge is -2.27. The number of alkyl halides is 5. The molecule has 0 aliphatic carbocycles. The van der Waals surface area contributed by atoms with Gasteiger partial charge in [0, 0.05) is 6.04 Å². The van der Waals surface area contributed by atoms with Gasteiger partial charge in [-0.15, -0.1) is 0 Å². The SMILES string of the molecule is COC(=O)C[C@@H]1N[C@H](C(F)(F)C(F)(F)F)c2ccccc21. The number of carbonyl (C=O) groups excluding carboxylic acids is 1. The zero-order valence-corrected chi connectivity index (χ0v) is 10.9. The van der Waals surface area contributed by atoms with E-state index < -0.39 is 30.2 Å². The summed E-state index contributed by atoms with van der Waals surface area (Å²) in [6, 6.07) is 2.35. The van der Waals surface area contributed by atoms with Gasteiger partial charge in [-0.3, -0.25) is 10.1 Å². The minimum absolute atomic E-state index is 0.159. The fraction of sp³-hybridized carbons (Fsp3) is 0.462. The molecule has 0 aromatic heterocycles. The Bertz CT molecular complexity index is 544. The number of rotatable bonds is 3. The molecule has 3 nitrogen and oxygen atoms in total. The zero-order chi connectivity index (χ0) is 15.8. The van der Waals surface area contributed by atoms with Crippen molar-refractivity contribution in [1.82, 2.24) is 5.32 Å². The summed E-state index contributed by atoms with van der Waals surface area (Å²) in [4.78, 5) is 11.3. The van der Waals surface area contributed by atoms with Gasteiger partial charge in [0.25, 0.3) is 0 Å². The Morgan fingerprint density at radius 3 is 2.29 bits per heavy atom. The third-order valence-corrected chi connectivity index (χ3v) is 3.39. The minimum Gasteiger partial charge on any atom is -0.469 e. The topological polar surface area (TPSA) is 38.3 Å². The third kappa shape index (κ3) is 2.72. The molecule has 1 heterocycles. The highest BCUT2D eigenvalue weighted by atomic mass is 19.4. The highest BCUT2D eigenvalue weighted by Crippen LogP contribution is 2.49. The van der Waals surface area contributed by atoms with Crippen molar-refractivity contribution < 1.29 is 31.5 Å². The molecule has 0 saturated heterocycles. The van der Waals surface area contributed by atoms with Gasteiger partial charge in [0.15, 0.2) is 0 Å². The molecule has 0 amide bonds.